The highest BCUT2D eigenvalue weighted by molar-refractivity contribution is 7.98. The SMILES string of the molecule is Cc1ccc(Cc2cnc(NC(=O)c3ccccc3SCc3cscn3)s2)cc1F. The van der Waals surface area contributed by atoms with Crippen molar-refractivity contribution in [1.82, 2.24) is 9.97 Å². The largest absolute Gasteiger partial charge is 0.298 e. The van der Waals surface area contributed by atoms with Crippen molar-refractivity contribution >= 4 is 45.5 Å². The zero-order valence-electron chi connectivity index (χ0n) is 16.1. The van der Waals surface area contributed by atoms with Gasteiger partial charge in [0.25, 0.3) is 5.91 Å². The van der Waals surface area contributed by atoms with Crippen LogP contribution in [0.15, 0.2) is 64.4 Å². The van der Waals surface area contributed by atoms with Crippen molar-refractivity contribution < 1.29 is 9.18 Å². The van der Waals surface area contributed by atoms with E-state index in [0.29, 0.717) is 28.4 Å². The molecular weight excluding hydrogens is 437 g/mol. The van der Waals surface area contributed by atoms with Crippen molar-refractivity contribution in [3.05, 3.63) is 92.6 Å². The third kappa shape index (κ3) is 5.13. The van der Waals surface area contributed by atoms with Crippen LogP contribution in [0.5, 0.6) is 0 Å². The summed E-state index contributed by atoms with van der Waals surface area (Å²) in [6, 6.07) is 12.7. The lowest BCUT2D eigenvalue weighted by atomic mass is 10.1. The summed E-state index contributed by atoms with van der Waals surface area (Å²) < 4.78 is 13.8. The Bertz CT molecular complexity index is 1160. The summed E-state index contributed by atoms with van der Waals surface area (Å²) in [5.74, 6) is 0.304. The van der Waals surface area contributed by atoms with Crippen molar-refractivity contribution in [2.24, 2.45) is 0 Å². The summed E-state index contributed by atoms with van der Waals surface area (Å²) in [6.07, 6.45) is 2.30. The van der Waals surface area contributed by atoms with Gasteiger partial charge in [-0.2, -0.15) is 0 Å². The first-order chi connectivity index (χ1) is 14.6. The number of aromatic nitrogens is 2. The van der Waals surface area contributed by atoms with Gasteiger partial charge in [0.05, 0.1) is 16.8 Å². The van der Waals surface area contributed by atoms with Gasteiger partial charge in [0.2, 0.25) is 0 Å². The molecule has 0 saturated carbocycles. The van der Waals surface area contributed by atoms with Crippen LogP contribution in [0, 0.1) is 12.7 Å². The standard InChI is InChI=1S/C22H18FN3OS3/c1-14-6-7-15(9-19(14)23)8-17-10-24-22(30-17)26-21(27)18-4-2-3-5-20(18)29-12-16-11-28-13-25-16/h2-7,9-11,13H,8,12H2,1H3,(H,24,26,27). The van der Waals surface area contributed by atoms with Gasteiger partial charge in [0, 0.05) is 33.5 Å². The molecule has 2 heterocycles. The first-order valence-corrected chi connectivity index (χ1v) is 11.9. The Balaban J connectivity index is 1.42. The van der Waals surface area contributed by atoms with Crippen molar-refractivity contribution in [2.45, 2.75) is 24.0 Å². The molecule has 2 aromatic carbocycles. The molecule has 30 heavy (non-hydrogen) atoms. The van der Waals surface area contributed by atoms with Crippen LogP contribution in [0.25, 0.3) is 0 Å². The molecule has 0 fully saturated rings. The van der Waals surface area contributed by atoms with Crippen molar-refractivity contribution in [3.63, 3.8) is 0 Å². The summed E-state index contributed by atoms with van der Waals surface area (Å²) in [7, 11) is 0. The van der Waals surface area contributed by atoms with Gasteiger partial charge >= 0.3 is 0 Å². The third-order valence-corrected chi connectivity index (χ3v) is 7.03. The number of carbonyl (C=O) groups is 1. The molecule has 0 unspecified atom stereocenters. The molecular formula is C22H18FN3OS3. The van der Waals surface area contributed by atoms with Gasteiger partial charge in [-0.05, 0) is 36.2 Å². The van der Waals surface area contributed by atoms with E-state index in [4.69, 9.17) is 0 Å². The maximum absolute atomic E-state index is 13.8. The molecule has 1 amide bonds. The predicted molar refractivity (Wildman–Crippen MR) is 122 cm³/mol. The summed E-state index contributed by atoms with van der Waals surface area (Å²) >= 11 is 4.54. The normalized spacial score (nSPS) is 10.9. The molecule has 0 radical (unpaired) electrons. The number of nitrogens with one attached hydrogen (secondary N) is 1. The molecule has 4 nitrogen and oxygen atoms in total. The van der Waals surface area contributed by atoms with Crippen LogP contribution in [0.2, 0.25) is 0 Å². The van der Waals surface area contributed by atoms with Crippen LogP contribution in [-0.2, 0) is 12.2 Å². The lowest BCUT2D eigenvalue weighted by Crippen LogP contribution is -2.12. The fraction of sp³-hybridized carbons (Fsp3) is 0.136. The quantitative estimate of drug-likeness (QED) is 0.338. The lowest BCUT2D eigenvalue weighted by molar-refractivity contribution is 0.102. The van der Waals surface area contributed by atoms with Crippen LogP contribution in [0.1, 0.15) is 32.1 Å². The number of rotatable bonds is 7. The van der Waals surface area contributed by atoms with Crippen molar-refractivity contribution in [2.75, 3.05) is 5.32 Å². The number of aryl methyl sites for hydroxylation is 1. The molecule has 4 aromatic rings. The molecule has 0 spiro atoms. The Morgan fingerprint density at radius 2 is 2.07 bits per heavy atom. The minimum absolute atomic E-state index is 0.196. The zero-order valence-corrected chi connectivity index (χ0v) is 18.5. The fourth-order valence-electron chi connectivity index (χ4n) is 2.80. The van der Waals surface area contributed by atoms with E-state index in [1.54, 1.807) is 53.9 Å². The minimum atomic E-state index is -0.211. The van der Waals surface area contributed by atoms with Crippen LogP contribution in [0.4, 0.5) is 9.52 Å². The van der Waals surface area contributed by atoms with Gasteiger partial charge in [-0.25, -0.2) is 14.4 Å². The zero-order chi connectivity index (χ0) is 20.9. The van der Waals surface area contributed by atoms with Gasteiger partial charge in [0.1, 0.15) is 5.82 Å². The topological polar surface area (TPSA) is 54.9 Å². The van der Waals surface area contributed by atoms with E-state index in [9.17, 15) is 9.18 Å². The summed E-state index contributed by atoms with van der Waals surface area (Å²) in [6.45, 7) is 1.74. The monoisotopic (exact) mass is 455 g/mol. The molecule has 1 N–H and O–H groups in total. The molecule has 0 saturated heterocycles. The van der Waals surface area contributed by atoms with Crippen molar-refractivity contribution in [3.8, 4) is 0 Å². The smallest absolute Gasteiger partial charge is 0.258 e. The van der Waals surface area contributed by atoms with Crippen LogP contribution in [0.3, 0.4) is 0 Å². The molecule has 0 aliphatic rings. The van der Waals surface area contributed by atoms with E-state index in [2.05, 4.69) is 15.3 Å². The average Bonchev–Trinajstić information content (AvgIpc) is 3.41. The van der Waals surface area contributed by atoms with E-state index in [-0.39, 0.29) is 11.7 Å². The minimum Gasteiger partial charge on any atom is -0.298 e. The number of hydrogen-bond acceptors (Lipinski definition) is 6. The number of anilines is 1. The Kier molecular flexibility index (Phi) is 6.56. The molecule has 0 aliphatic heterocycles. The average molecular weight is 456 g/mol. The highest BCUT2D eigenvalue weighted by Gasteiger charge is 2.14. The number of amides is 1. The predicted octanol–water partition coefficient (Wildman–Crippen LogP) is 6.18. The Labute approximate surface area is 186 Å². The lowest BCUT2D eigenvalue weighted by Gasteiger charge is -2.08. The number of nitrogens with zero attached hydrogens (tertiary/aromatic N) is 2. The summed E-state index contributed by atoms with van der Waals surface area (Å²) in [5.41, 5.74) is 4.91. The molecule has 4 rings (SSSR count). The van der Waals surface area contributed by atoms with Gasteiger partial charge in [-0.15, -0.1) is 34.4 Å². The van der Waals surface area contributed by atoms with E-state index < -0.39 is 0 Å². The molecule has 2 aromatic heterocycles. The van der Waals surface area contributed by atoms with E-state index in [0.717, 1.165) is 21.0 Å². The molecule has 8 heteroatoms. The van der Waals surface area contributed by atoms with Gasteiger partial charge in [-0.3, -0.25) is 10.1 Å². The van der Waals surface area contributed by atoms with Crippen LogP contribution >= 0.6 is 34.4 Å². The maximum Gasteiger partial charge on any atom is 0.258 e. The summed E-state index contributed by atoms with van der Waals surface area (Å²) in [4.78, 5) is 23.3. The van der Waals surface area contributed by atoms with E-state index in [1.807, 2.05) is 35.7 Å². The van der Waals surface area contributed by atoms with Crippen molar-refractivity contribution in [1.29, 1.82) is 0 Å². The molecule has 152 valence electrons. The fourth-order valence-corrected chi connectivity index (χ4v) is 5.26. The van der Waals surface area contributed by atoms with Gasteiger partial charge in [-0.1, -0.05) is 24.3 Å². The highest BCUT2D eigenvalue weighted by Crippen LogP contribution is 2.28. The number of thioether (sulfide) groups is 1. The van der Waals surface area contributed by atoms with Gasteiger partial charge in [0.15, 0.2) is 5.13 Å². The highest BCUT2D eigenvalue weighted by atomic mass is 32.2. The Morgan fingerprint density at radius 1 is 1.20 bits per heavy atom. The third-order valence-electron chi connectivity index (χ3n) is 4.38. The molecule has 0 aliphatic carbocycles. The maximum atomic E-state index is 13.8. The first kappa shape index (κ1) is 20.7. The number of benzene rings is 2. The Morgan fingerprint density at radius 3 is 2.87 bits per heavy atom. The molecule has 0 atom stereocenters. The van der Waals surface area contributed by atoms with E-state index in [1.165, 1.54) is 11.3 Å². The second-order valence-corrected chi connectivity index (χ2v) is 9.46. The Hall–Kier alpha value is -2.55. The first-order valence-electron chi connectivity index (χ1n) is 9.18. The molecule has 0 bridgehead atoms. The van der Waals surface area contributed by atoms with Crippen LogP contribution < -0.4 is 5.32 Å². The number of carbonyl (C=O) groups excluding carboxylic acids is 1. The number of halogens is 1. The van der Waals surface area contributed by atoms with Crippen LogP contribution in [-0.4, -0.2) is 15.9 Å². The van der Waals surface area contributed by atoms with E-state index >= 15 is 0 Å². The second-order valence-electron chi connectivity index (χ2n) is 6.61. The number of thiazole rings is 2. The van der Waals surface area contributed by atoms with Gasteiger partial charge < -0.3 is 0 Å². The number of hydrogen-bond donors (Lipinski definition) is 1. The summed E-state index contributed by atoms with van der Waals surface area (Å²) in [5, 5.41) is 5.42. The second kappa shape index (κ2) is 9.51.